The number of ether oxygens (including phenoxy) is 1. The lowest BCUT2D eigenvalue weighted by molar-refractivity contribution is -0.0648. The van der Waals surface area contributed by atoms with Gasteiger partial charge in [-0.2, -0.15) is 0 Å². The fraction of sp³-hybridized carbons (Fsp3) is 0.692. The summed E-state index contributed by atoms with van der Waals surface area (Å²) < 4.78 is 7.31. The molecule has 1 heterocycles. The summed E-state index contributed by atoms with van der Waals surface area (Å²) in [4.78, 5) is 7.87. The number of hydrogen-bond donors (Lipinski definition) is 1. The highest BCUT2D eigenvalue weighted by atomic mass is 79.9. The van der Waals surface area contributed by atoms with E-state index in [0.717, 1.165) is 28.8 Å². The van der Waals surface area contributed by atoms with Crippen LogP contribution in [0, 0.1) is 17.5 Å². The first kappa shape index (κ1) is 14.2. The summed E-state index contributed by atoms with van der Waals surface area (Å²) >= 11 is 8.74. The molecule has 1 N–H and O–H groups in total. The monoisotopic (exact) mass is 330 g/mol. The highest BCUT2D eigenvalue weighted by molar-refractivity contribution is 9.10. The average molecular weight is 331 g/mol. The molecule has 3 nitrogen and oxygen atoms in total. The number of rotatable bonds is 2. The second-order valence-electron chi connectivity index (χ2n) is 5.23. The molecule has 1 aliphatic rings. The van der Waals surface area contributed by atoms with Gasteiger partial charge in [-0.3, -0.25) is 0 Å². The van der Waals surface area contributed by atoms with Crippen LogP contribution in [0.25, 0.3) is 0 Å². The third-order valence-corrected chi connectivity index (χ3v) is 5.34. The molecule has 100 valence electrons. The van der Waals surface area contributed by atoms with Gasteiger partial charge in [-0.15, -0.1) is 0 Å². The van der Waals surface area contributed by atoms with Gasteiger partial charge in [0.1, 0.15) is 16.1 Å². The molecule has 1 aromatic heterocycles. The maximum absolute atomic E-state index is 5.83. The van der Waals surface area contributed by atoms with Crippen molar-refractivity contribution in [3.8, 4) is 0 Å². The van der Waals surface area contributed by atoms with E-state index in [0.29, 0.717) is 10.6 Å². The van der Waals surface area contributed by atoms with Crippen LogP contribution in [0.1, 0.15) is 44.1 Å². The van der Waals surface area contributed by atoms with E-state index in [2.05, 4.69) is 32.8 Å². The van der Waals surface area contributed by atoms with E-state index < -0.39 is 0 Å². The molecule has 1 aromatic rings. The van der Waals surface area contributed by atoms with Gasteiger partial charge in [0, 0.05) is 12.8 Å². The van der Waals surface area contributed by atoms with Crippen molar-refractivity contribution < 1.29 is 4.74 Å². The molecule has 0 radical (unpaired) electrons. The summed E-state index contributed by atoms with van der Waals surface area (Å²) in [6.45, 7) is 4.27. The van der Waals surface area contributed by atoms with E-state index in [9.17, 15) is 0 Å². The maximum atomic E-state index is 5.83. The Morgan fingerprint density at radius 2 is 2.28 bits per heavy atom. The van der Waals surface area contributed by atoms with Crippen molar-refractivity contribution >= 4 is 28.1 Å². The molecule has 0 spiro atoms. The first-order valence-electron chi connectivity index (χ1n) is 6.30. The fourth-order valence-electron chi connectivity index (χ4n) is 2.79. The van der Waals surface area contributed by atoms with E-state index in [1.165, 1.54) is 12.8 Å². The highest BCUT2D eigenvalue weighted by Crippen LogP contribution is 2.41. The number of aryl methyl sites for hydroxylation is 1. The molecular weight excluding hydrogens is 312 g/mol. The molecular formula is C13H19BrN2OS. The molecule has 0 amide bonds. The average Bonchev–Trinajstić information content (AvgIpc) is 2.35. The van der Waals surface area contributed by atoms with Crippen LogP contribution in [0.3, 0.4) is 0 Å². The standard InChI is InChI=1S/C13H19BrN2OS/c1-8-5-4-6-13(7-8,17-3)12-15-9(2)10(14)11(18)16-12/h8H,4-7H2,1-3H3,(H,15,16,18). The molecule has 2 rings (SSSR count). The molecule has 1 fully saturated rings. The van der Waals surface area contributed by atoms with Crippen LogP contribution in [0.15, 0.2) is 4.47 Å². The lowest BCUT2D eigenvalue weighted by Crippen LogP contribution is -2.36. The van der Waals surface area contributed by atoms with Gasteiger partial charge in [-0.05, 0) is 48.0 Å². The summed E-state index contributed by atoms with van der Waals surface area (Å²) in [5, 5.41) is 0. The van der Waals surface area contributed by atoms with E-state index in [1.807, 2.05) is 6.92 Å². The summed E-state index contributed by atoms with van der Waals surface area (Å²) in [6.07, 6.45) is 4.45. The number of halogens is 1. The summed E-state index contributed by atoms with van der Waals surface area (Å²) in [7, 11) is 1.77. The second kappa shape index (κ2) is 5.39. The molecule has 2 unspecified atom stereocenters. The first-order valence-corrected chi connectivity index (χ1v) is 7.50. The van der Waals surface area contributed by atoms with Crippen molar-refractivity contribution in [2.45, 2.75) is 45.1 Å². The quantitative estimate of drug-likeness (QED) is 0.823. The molecule has 0 saturated heterocycles. The van der Waals surface area contributed by atoms with Crippen molar-refractivity contribution in [2.75, 3.05) is 7.11 Å². The van der Waals surface area contributed by atoms with Crippen LogP contribution in [-0.4, -0.2) is 17.1 Å². The topological polar surface area (TPSA) is 37.9 Å². The Labute approximate surface area is 121 Å². The largest absolute Gasteiger partial charge is 0.370 e. The molecule has 1 aliphatic carbocycles. The lowest BCUT2D eigenvalue weighted by Gasteiger charge is -2.38. The Morgan fingerprint density at radius 1 is 1.56 bits per heavy atom. The Kier molecular flexibility index (Phi) is 4.24. The zero-order valence-electron chi connectivity index (χ0n) is 11.0. The van der Waals surface area contributed by atoms with Crippen LogP contribution in [-0.2, 0) is 10.3 Å². The molecule has 0 aliphatic heterocycles. The zero-order chi connectivity index (χ0) is 13.3. The number of aromatic amines is 1. The summed E-state index contributed by atoms with van der Waals surface area (Å²) in [5.41, 5.74) is 0.719. The number of aromatic nitrogens is 2. The van der Waals surface area contributed by atoms with Crippen LogP contribution < -0.4 is 0 Å². The van der Waals surface area contributed by atoms with Gasteiger partial charge in [0.2, 0.25) is 0 Å². The highest BCUT2D eigenvalue weighted by Gasteiger charge is 2.39. The van der Waals surface area contributed by atoms with Crippen molar-refractivity contribution in [1.82, 2.24) is 9.97 Å². The van der Waals surface area contributed by atoms with Crippen LogP contribution in [0.2, 0.25) is 0 Å². The summed E-state index contributed by atoms with van der Waals surface area (Å²) in [5.74, 6) is 1.54. The normalized spacial score (nSPS) is 28.3. The van der Waals surface area contributed by atoms with E-state index in [4.69, 9.17) is 17.0 Å². The number of H-pyrrole nitrogens is 1. The van der Waals surface area contributed by atoms with Gasteiger partial charge in [-0.25, -0.2) is 4.98 Å². The van der Waals surface area contributed by atoms with Gasteiger partial charge < -0.3 is 9.72 Å². The van der Waals surface area contributed by atoms with Crippen LogP contribution >= 0.6 is 28.1 Å². The van der Waals surface area contributed by atoms with Gasteiger partial charge in [0.05, 0.1) is 4.47 Å². The Balaban J connectivity index is 2.47. The Hall–Kier alpha value is -0.260. The third kappa shape index (κ3) is 2.53. The van der Waals surface area contributed by atoms with Crippen molar-refractivity contribution in [1.29, 1.82) is 0 Å². The van der Waals surface area contributed by atoms with Crippen molar-refractivity contribution in [3.05, 3.63) is 20.6 Å². The third-order valence-electron chi connectivity index (χ3n) is 3.81. The second-order valence-corrected chi connectivity index (χ2v) is 6.41. The summed E-state index contributed by atoms with van der Waals surface area (Å²) in [6, 6.07) is 0. The number of nitrogens with one attached hydrogen (secondary N) is 1. The molecule has 0 bridgehead atoms. The van der Waals surface area contributed by atoms with E-state index in [1.54, 1.807) is 7.11 Å². The van der Waals surface area contributed by atoms with Crippen LogP contribution in [0.4, 0.5) is 0 Å². The predicted octanol–water partition coefficient (Wildman–Crippen LogP) is 4.26. The lowest BCUT2D eigenvalue weighted by atomic mass is 9.78. The van der Waals surface area contributed by atoms with Gasteiger partial charge in [0.15, 0.2) is 0 Å². The SMILES string of the molecule is COC1(c2nc(=S)c(Br)c(C)[nH]2)CCCC(C)C1. The first-order chi connectivity index (χ1) is 8.48. The number of hydrogen-bond acceptors (Lipinski definition) is 3. The maximum Gasteiger partial charge on any atom is 0.144 e. The molecule has 1 saturated carbocycles. The minimum Gasteiger partial charge on any atom is -0.370 e. The minimum absolute atomic E-state index is 0.295. The smallest absolute Gasteiger partial charge is 0.144 e. The Bertz CT molecular complexity index is 502. The van der Waals surface area contributed by atoms with E-state index >= 15 is 0 Å². The predicted molar refractivity (Wildman–Crippen MR) is 78.2 cm³/mol. The molecule has 18 heavy (non-hydrogen) atoms. The van der Waals surface area contributed by atoms with Gasteiger partial charge >= 0.3 is 0 Å². The number of methoxy groups -OCH3 is 1. The molecule has 5 heteroatoms. The van der Waals surface area contributed by atoms with Crippen molar-refractivity contribution in [3.63, 3.8) is 0 Å². The van der Waals surface area contributed by atoms with Crippen LogP contribution in [0.5, 0.6) is 0 Å². The van der Waals surface area contributed by atoms with Gasteiger partial charge in [0.25, 0.3) is 0 Å². The fourth-order valence-corrected chi connectivity index (χ4v) is 3.22. The molecule has 0 aromatic carbocycles. The number of nitrogens with zero attached hydrogens (tertiary/aromatic N) is 1. The zero-order valence-corrected chi connectivity index (χ0v) is 13.4. The van der Waals surface area contributed by atoms with Crippen molar-refractivity contribution in [2.24, 2.45) is 5.92 Å². The minimum atomic E-state index is -0.295. The molecule has 2 atom stereocenters. The van der Waals surface area contributed by atoms with Gasteiger partial charge in [-0.1, -0.05) is 25.6 Å². The Morgan fingerprint density at radius 3 is 2.83 bits per heavy atom. The van der Waals surface area contributed by atoms with E-state index in [-0.39, 0.29) is 5.60 Å².